The lowest BCUT2D eigenvalue weighted by atomic mass is 10.3. The molecule has 0 spiro atoms. The molecule has 0 saturated carbocycles. The van der Waals surface area contributed by atoms with E-state index in [-0.39, 0.29) is 18.3 Å². The van der Waals surface area contributed by atoms with Crippen molar-refractivity contribution in [1.82, 2.24) is 0 Å². The lowest BCUT2D eigenvalue weighted by Crippen LogP contribution is -2.50. The summed E-state index contributed by atoms with van der Waals surface area (Å²) in [6.45, 7) is 11.8. The van der Waals surface area contributed by atoms with Crippen LogP contribution in [-0.2, 0) is 23.2 Å². The minimum Gasteiger partial charge on any atom is -0.371 e. The predicted octanol–water partition coefficient (Wildman–Crippen LogP) is 3.49. The van der Waals surface area contributed by atoms with Crippen LogP contribution in [0.25, 0.3) is 0 Å². The molecule has 0 aliphatic rings. The monoisotopic (exact) mass is 317 g/mol. The van der Waals surface area contributed by atoms with Crippen molar-refractivity contribution in [3.63, 3.8) is 0 Å². The Bertz CT molecular complexity index is 299. The summed E-state index contributed by atoms with van der Waals surface area (Å²) in [6.07, 6.45) is 4.09. The molecule has 0 aromatic heterocycles. The standard InChI is InChI=1S/C15H29O5Si/c1-12(2)18-21(19-13(3)4,20-14(5)6)11-9-7-8-10-15(16)17/h8,10,12-14H,7,9,11H2,1-6H3. The van der Waals surface area contributed by atoms with Gasteiger partial charge in [-0.3, -0.25) is 0 Å². The van der Waals surface area contributed by atoms with Gasteiger partial charge in [-0.05, 0) is 54.4 Å². The van der Waals surface area contributed by atoms with Gasteiger partial charge in [-0.2, -0.15) is 0 Å². The summed E-state index contributed by atoms with van der Waals surface area (Å²) in [7, 11) is -2.76. The molecule has 123 valence electrons. The SMILES string of the molecule is CC(C)O[Si](CCCC=CC([O])=O)(OC(C)C)OC(C)C. The summed E-state index contributed by atoms with van der Waals surface area (Å²) in [6, 6.07) is 0.666. The number of allylic oxidation sites excluding steroid dienone is 1. The molecule has 0 fully saturated rings. The van der Waals surface area contributed by atoms with E-state index in [0.717, 1.165) is 12.5 Å². The quantitative estimate of drug-likeness (QED) is 0.332. The lowest BCUT2D eigenvalue weighted by molar-refractivity contribution is -0.137. The van der Waals surface area contributed by atoms with E-state index in [0.29, 0.717) is 12.5 Å². The fourth-order valence-corrected chi connectivity index (χ4v) is 5.27. The summed E-state index contributed by atoms with van der Waals surface area (Å²) in [5.74, 6) is -1.17. The second-order valence-corrected chi connectivity index (χ2v) is 8.37. The zero-order chi connectivity index (χ0) is 16.5. The third kappa shape index (κ3) is 10.6. The van der Waals surface area contributed by atoms with Crippen LogP contribution in [0.5, 0.6) is 0 Å². The van der Waals surface area contributed by atoms with Gasteiger partial charge in [0, 0.05) is 30.4 Å². The summed E-state index contributed by atoms with van der Waals surface area (Å²) in [5, 5.41) is 10.3. The molecule has 0 aromatic carbocycles. The first-order chi connectivity index (χ1) is 9.67. The Morgan fingerprint density at radius 1 is 0.952 bits per heavy atom. The van der Waals surface area contributed by atoms with Crippen LogP contribution >= 0.6 is 0 Å². The molecule has 0 N–H and O–H groups in total. The average Bonchev–Trinajstić information content (AvgIpc) is 2.24. The minimum absolute atomic E-state index is 0.0212. The van der Waals surface area contributed by atoms with Gasteiger partial charge in [0.2, 0.25) is 0 Å². The third-order valence-corrected chi connectivity index (χ3v) is 5.81. The van der Waals surface area contributed by atoms with Crippen LogP contribution in [-0.4, -0.2) is 33.1 Å². The largest absolute Gasteiger partial charge is 0.501 e. The van der Waals surface area contributed by atoms with E-state index < -0.39 is 14.8 Å². The Morgan fingerprint density at radius 2 is 1.38 bits per heavy atom. The van der Waals surface area contributed by atoms with Crippen molar-refractivity contribution < 1.29 is 23.2 Å². The Morgan fingerprint density at radius 3 is 1.71 bits per heavy atom. The molecule has 0 amide bonds. The number of carbonyl (C=O) groups excluding carboxylic acids is 1. The molecule has 5 nitrogen and oxygen atoms in total. The zero-order valence-corrected chi connectivity index (χ0v) is 15.0. The van der Waals surface area contributed by atoms with Gasteiger partial charge in [0.25, 0.3) is 0 Å². The molecule has 1 radical (unpaired) electrons. The highest BCUT2D eigenvalue weighted by Gasteiger charge is 2.43. The molecular weight excluding hydrogens is 288 g/mol. The second kappa shape index (κ2) is 10.1. The summed E-state index contributed by atoms with van der Waals surface area (Å²) in [4.78, 5) is 10.3. The van der Waals surface area contributed by atoms with E-state index in [4.69, 9.17) is 13.3 Å². The maximum absolute atomic E-state index is 10.3. The van der Waals surface area contributed by atoms with Crippen molar-refractivity contribution in [3.8, 4) is 0 Å². The zero-order valence-electron chi connectivity index (χ0n) is 14.0. The van der Waals surface area contributed by atoms with E-state index in [2.05, 4.69) is 0 Å². The summed E-state index contributed by atoms with van der Waals surface area (Å²) < 4.78 is 18.1. The molecule has 0 aliphatic heterocycles. The number of carbonyl (C=O) groups is 1. The summed E-state index contributed by atoms with van der Waals surface area (Å²) in [5.41, 5.74) is 0. The fraction of sp³-hybridized carbons (Fsp3) is 0.800. The Kier molecular flexibility index (Phi) is 9.77. The molecule has 0 aliphatic carbocycles. The Labute approximate surface area is 129 Å². The highest BCUT2D eigenvalue weighted by atomic mass is 28.4. The van der Waals surface area contributed by atoms with Gasteiger partial charge < -0.3 is 13.3 Å². The molecule has 0 atom stereocenters. The first-order valence-corrected chi connectivity index (χ1v) is 9.51. The molecule has 0 bridgehead atoms. The number of unbranched alkanes of at least 4 members (excludes halogenated alkanes) is 1. The fourth-order valence-electron chi connectivity index (χ4n) is 1.95. The molecule has 0 rings (SSSR count). The van der Waals surface area contributed by atoms with Gasteiger partial charge in [-0.25, -0.2) is 9.90 Å². The maximum atomic E-state index is 10.3. The van der Waals surface area contributed by atoms with Crippen LogP contribution in [0.2, 0.25) is 6.04 Å². The topological polar surface area (TPSA) is 64.7 Å². The van der Waals surface area contributed by atoms with E-state index in [1.165, 1.54) is 0 Å². The third-order valence-electron chi connectivity index (χ3n) is 2.35. The van der Waals surface area contributed by atoms with E-state index >= 15 is 0 Å². The van der Waals surface area contributed by atoms with Crippen LogP contribution in [0.1, 0.15) is 54.4 Å². The van der Waals surface area contributed by atoms with E-state index in [1.807, 2.05) is 41.5 Å². The highest BCUT2D eigenvalue weighted by molar-refractivity contribution is 6.60. The van der Waals surface area contributed by atoms with Gasteiger partial charge in [-0.15, -0.1) is 0 Å². The first-order valence-electron chi connectivity index (χ1n) is 7.58. The van der Waals surface area contributed by atoms with Crippen LogP contribution in [0.4, 0.5) is 0 Å². The molecule has 6 heteroatoms. The van der Waals surface area contributed by atoms with E-state index in [9.17, 15) is 9.90 Å². The number of hydrogen-bond acceptors (Lipinski definition) is 4. The number of hydrogen-bond donors (Lipinski definition) is 0. The average molecular weight is 317 g/mol. The van der Waals surface area contributed by atoms with Crippen molar-refractivity contribution in [3.05, 3.63) is 12.2 Å². The Balaban J connectivity index is 4.76. The van der Waals surface area contributed by atoms with Crippen LogP contribution in [0.3, 0.4) is 0 Å². The van der Waals surface area contributed by atoms with Crippen molar-refractivity contribution in [1.29, 1.82) is 0 Å². The van der Waals surface area contributed by atoms with Crippen LogP contribution in [0, 0.1) is 0 Å². The molecule has 0 saturated heterocycles. The van der Waals surface area contributed by atoms with Gasteiger partial charge in [0.1, 0.15) is 0 Å². The predicted molar refractivity (Wildman–Crippen MR) is 83.3 cm³/mol. The molecular formula is C15H29O5Si. The van der Waals surface area contributed by atoms with Gasteiger partial charge >= 0.3 is 14.8 Å². The van der Waals surface area contributed by atoms with Crippen molar-refractivity contribution >= 4 is 14.8 Å². The van der Waals surface area contributed by atoms with E-state index in [1.54, 1.807) is 6.08 Å². The Hall–Kier alpha value is -0.693. The smallest absolute Gasteiger partial charge is 0.371 e. The molecule has 0 heterocycles. The van der Waals surface area contributed by atoms with Crippen molar-refractivity contribution in [2.75, 3.05) is 0 Å². The minimum atomic E-state index is -2.76. The first kappa shape index (κ1) is 20.3. The molecule has 0 unspecified atom stereocenters. The summed E-state index contributed by atoms with van der Waals surface area (Å²) >= 11 is 0. The highest BCUT2D eigenvalue weighted by Crippen LogP contribution is 2.24. The van der Waals surface area contributed by atoms with Gasteiger partial charge in [-0.1, -0.05) is 6.08 Å². The van der Waals surface area contributed by atoms with Crippen LogP contribution < -0.4 is 0 Å². The van der Waals surface area contributed by atoms with Crippen LogP contribution in [0.15, 0.2) is 12.2 Å². The van der Waals surface area contributed by atoms with Gasteiger partial charge in [0.05, 0.1) is 0 Å². The second-order valence-electron chi connectivity index (χ2n) is 5.80. The maximum Gasteiger partial charge on any atom is 0.501 e. The molecule has 21 heavy (non-hydrogen) atoms. The van der Waals surface area contributed by atoms with Crippen molar-refractivity contribution in [2.45, 2.75) is 78.7 Å². The normalized spacial score (nSPS) is 13.0. The molecule has 0 aromatic rings. The van der Waals surface area contributed by atoms with Gasteiger partial charge in [0.15, 0.2) is 0 Å². The lowest BCUT2D eigenvalue weighted by Gasteiger charge is -2.34. The van der Waals surface area contributed by atoms with Crippen molar-refractivity contribution in [2.24, 2.45) is 0 Å². The number of rotatable bonds is 11.